The molecular formula is C16H10F6N4S. The molecule has 0 bridgehead atoms. The molecule has 0 fully saturated rings. The Hall–Kier alpha value is -2.69. The van der Waals surface area contributed by atoms with Crippen molar-refractivity contribution in [3.8, 4) is 5.69 Å². The van der Waals surface area contributed by atoms with Crippen molar-refractivity contribution < 1.29 is 26.3 Å². The van der Waals surface area contributed by atoms with E-state index in [2.05, 4.69) is 15.2 Å². The molecule has 11 heteroatoms. The summed E-state index contributed by atoms with van der Waals surface area (Å²) in [5, 5.41) is 5.01. The molecule has 0 saturated heterocycles. The van der Waals surface area contributed by atoms with Gasteiger partial charge >= 0.3 is 12.4 Å². The minimum absolute atomic E-state index is 0.116. The highest BCUT2D eigenvalue weighted by Crippen LogP contribution is 2.34. The van der Waals surface area contributed by atoms with Crippen LogP contribution in [0.2, 0.25) is 0 Å². The molecule has 0 aliphatic rings. The number of hydrogen-bond donors (Lipinski definition) is 0. The van der Waals surface area contributed by atoms with Crippen molar-refractivity contribution in [2.45, 2.75) is 19.3 Å². The molecule has 0 unspecified atom stereocenters. The molecule has 0 aliphatic heterocycles. The number of hydrogen-bond acceptors (Lipinski definition) is 4. The maximum absolute atomic E-state index is 13.0. The lowest BCUT2D eigenvalue weighted by Crippen LogP contribution is -2.19. The lowest BCUT2D eigenvalue weighted by atomic mass is 10.2. The zero-order valence-corrected chi connectivity index (χ0v) is 14.3. The van der Waals surface area contributed by atoms with Crippen molar-refractivity contribution in [2.75, 3.05) is 0 Å². The van der Waals surface area contributed by atoms with Crippen LogP contribution in [-0.2, 0) is 12.4 Å². The van der Waals surface area contributed by atoms with Gasteiger partial charge < -0.3 is 4.57 Å². The molecule has 3 aromatic rings. The number of halogens is 6. The SMILES string of the molecule is Cc1ccc(=Nc2nnc(C(F)(F)F)s2)n(-c2cccc(C(F)(F)F)c2)c1. The molecule has 2 heterocycles. The van der Waals surface area contributed by atoms with Gasteiger partial charge in [0.1, 0.15) is 5.49 Å². The molecule has 0 radical (unpaired) electrons. The molecule has 4 nitrogen and oxygen atoms in total. The van der Waals surface area contributed by atoms with Gasteiger partial charge in [0.05, 0.1) is 5.56 Å². The van der Waals surface area contributed by atoms with E-state index in [4.69, 9.17) is 0 Å². The van der Waals surface area contributed by atoms with Crippen molar-refractivity contribution in [1.29, 1.82) is 0 Å². The maximum Gasteiger partial charge on any atom is 0.445 e. The molecule has 142 valence electrons. The van der Waals surface area contributed by atoms with Crippen molar-refractivity contribution in [3.05, 3.63) is 64.2 Å². The van der Waals surface area contributed by atoms with Crippen LogP contribution in [-0.4, -0.2) is 14.8 Å². The summed E-state index contributed by atoms with van der Waals surface area (Å²) < 4.78 is 78.2. The summed E-state index contributed by atoms with van der Waals surface area (Å²) in [5.74, 6) is 0. The fourth-order valence-corrected chi connectivity index (χ4v) is 2.79. The van der Waals surface area contributed by atoms with Crippen LogP contribution in [0.3, 0.4) is 0 Å². The standard InChI is InChI=1S/C16H10F6N4S/c1-9-5-6-12(23-14-25-24-13(27-14)16(20,21)22)26(8-9)11-4-2-3-10(7-11)15(17,18)19/h2-8H,1H3. The average molecular weight is 404 g/mol. The van der Waals surface area contributed by atoms with Crippen molar-refractivity contribution in [2.24, 2.45) is 4.99 Å². The predicted molar refractivity (Wildman–Crippen MR) is 85.6 cm³/mol. The van der Waals surface area contributed by atoms with Crippen LogP contribution in [0.4, 0.5) is 31.5 Å². The lowest BCUT2D eigenvalue weighted by molar-refractivity contribution is -0.138. The minimum Gasteiger partial charge on any atom is -0.301 e. The molecule has 0 saturated carbocycles. The Kier molecular flexibility index (Phi) is 4.81. The zero-order chi connectivity index (χ0) is 19.8. The third-order valence-corrected chi connectivity index (χ3v) is 4.26. The highest BCUT2D eigenvalue weighted by Gasteiger charge is 2.35. The summed E-state index contributed by atoms with van der Waals surface area (Å²) >= 11 is 0.243. The third-order valence-electron chi connectivity index (χ3n) is 3.39. The Morgan fingerprint density at radius 3 is 2.33 bits per heavy atom. The van der Waals surface area contributed by atoms with Crippen LogP contribution >= 0.6 is 11.3 Å². The van der Waals surface area contributed by atoms with Crippen molar-refractivity contribution >= 4 is 16.5 Å². The summed E-state index contributed by atoms with van der Waals surface area (Å²) in [6.45, 7) is 1.72. The molecule has 27 heavy (non-hydrogen) atoms. The van der Waals surface area contributed by atoms with E-state index in [0.29, 0.717) is 0 Å². The number of benzene rings is 1. The molecule has 0 N–H and O–H groups in total. The molecule has 2 aromatic heterocycles. The molecule has 0 atom stereocenters. The van der Waals surface area contributed by atoms with E-state index < -0.39 is 22.9 Å². The Morgan fingerprint density at radius 1 is 0.963 bits per heavy atom. The van der Waals surface area contributed by atoms with Gasteiger partial charge in [-0.15, -0.1) is 10.2 Å². The van der Waals surface area contributed by atoms with E-state index in [0.717, 1.165) is 17.7 Å². The first-order valence-electron chi connectivity index (χ1n) is 7.36. The van der Waals surface area contributed by atoms with Gasteiger partial charge in [-0.2, -0.15) is 31.3 Å². The van der Waals surface area contributed by atoms with Gasteiger partial charge in [0.2, 0.25) is 10.1 Å². The van der Waals surface area contributed by atoms with Gasteiger partial charge in [-0.1, -0.05) is 23.5 Å². The minimum atomic E-state index is -4.64. The third kappa shape index (κ3) is 4.35. The van der Waals surface area contributed by atoms with E-state index in [1.165, 1.54) is 29.0 Å². The summed E-state index contributed by atoms with van der Waals surface area (Å²) in [6.07, 6.45) is -7.64. The van der Waals surface area contributed by atoms with Gasteiger partial charge in [-0.3, -0.25) is 0 Å². The van der Waals surface area contributed by atoms with E-state index in [1.54, 1.807) is 13.0 Å². The van der Waals surface area contributed by atoms with Gasteiger partial charge in [-0.25, -0.2) is 0 Å². The number of nitrogens with zero attached hydrogens (tertiary/aromatic N) is 4. The Balaban J connectivity index is 2.13. The van der Waals surface area contributed by atoms with E-state index in [-0.39, 0.29) is 27.6 Å². The highest BCUT2D eigenvalue weighted by atomic mass is 32.1. The smallest absolute Gasteiger partial charge is 0.301 e. The second-order valence-corrected chi connectivity index (χ2v) is 6.44. The van der Waals surface area contributed by atoms with Crippen LogP contribution in [0.1, 0.15) is 16.1 Å². The maximum atomic E-state index is 13.0. The van der Waals surface area contributed by atoms with Crippen molar-refractivity contribution in [1.82, 2.24) is 14.8 Å². The largest absolute Gasteiger partial charge is 0.445 e. The number of rotatable bonds is 2. The fourth-order valence-electron chi connectivity index (χ4n) is 2.20. The summed E-state index contributed by atoms with van der Waals surface area (Å²) in [4.78, 5) is 4.01. The number of pyridine rings is 1. The van der Waals surface area contributed by atoms with Crippen LogP contribution in [0, 0.1) is 6.92 Å². The monoisotopic (exact) mass is 404 g/mol. The van der Waals surface area contributed by atoms with E-state index in [9.17, 15) is 26.3 Å². The molecule has 0 spiro atoms. The zero-order valence-electron chi connectivity index (χ0n) is 13.5. The number of alkyl halides is 6. The first-order valence-corrected chi connectivity index (χ1v) is 8.18. The average Bonchev–Trinajstić information content (AvgIpc) is 3.05. The summed E-state index contributed by atoms with van der Waals surface area (Å²) in [5.41, 5.74) is 0.146. The van der Waals surface area contributed by atoms with E-state index >= 15 is 0 Å². The van der Waals surface area contributed by atoms with Gasteiger partial charge in [0.15, 0.2) is 0 Å². The Morgan fingerprint density at radius 2 is 1.70 bits per heavy atom. The molecule has 0 amide bonds. The van der Waals surface area contributed by atoms with Gasteiger partial charge in [0, 0.05) is 11.9 Å². The number of aryl methyl sites for hydroxylation is 1. The molecule has 0 aliphatic carbocycles. The molecule has 3 rings (SSSR count). The normalized spacial score (nSPS) is 13.2. The fraction of sp³-hybridized carbons (Fsp3) is 0.188. The topological polar surface area (TPSA) is 43.1 Å². The molecular weight excluding hydrogens is 394 g/mol. The van der Waals surface area contributed by atoms with Crippen LogP contribution in [0.25, 0.3) is 5.69 Å². The summed E-state index contributed by atoms with van der Waals surface area (Å²) in [6, 6.07) is 7.65. The highest BCUT2D eigenvalue weighted by molar-refractivity contribution is 7.15. The van der Waals surface area contributed by atoms with Crippen molar-refractivity contribution in [3.63, 3.8) is 0 Å². The second-order valence-electron chi connectivity index (χ2n) is 5.48. The lowest BCUT2D eigenvalue weighted by Gasteiger charge is -2.12. The van der Waals surface area contributed by atoms with Gasteiger partial charge in [-0.05, 0) is 36.8 Å². The van der Waals surface area contributed by atoms with E-state index in [1.807, 2.05) is 0 Å². The van der Waals surface area contributed by atoms with Crippen LogP contribution < -0.4 is 5.49 Å². The first kappa shape index (κ1) is 19.1. The van der Waals surface area contributed by atoms with Crippen LogP contribution in [0.5, 0.6) is 0 Å². The molecule has 1 aromatic carbocycles. The van der Waals surface area contributed by atoms with Gasteiger partial charge in [0.25, 0.3) is 0 Å². The predicted octanol–water partition coefficient (Wildman–Crippen LogP) is 4.91. The van der Waals surface area contributed by atoms with Crippen LogP contribution in [0.15, 0.2) is 47.6 Å². The summed E-state index contributed by atoms with van der Waals surface area (Å²) in [7, 11) is 0. The number of aromatic nitrogens is 3. The Bertz CT molecular complexity index is 1030. The second kappa shape index (κ2) is 6.80. The first-order chi connectivity index (χ1) is 12.5. The quantitative estimate of drug-likeness (QED) is 0.570. The Labute approximate surface area is 152 Å².